The molecular weight excluding hydrogens is 683 g/mol. The molecule has 3 aromatic rings. The fourth-order valence-corrected chi connectivity index (χ4v) is 7.88. The molecule has 4 amide bonds. The van der Waals surface area contributed by atoms with Gasteiger partial charge in [-0.3, -0.25) is 24.2 Å². The fraction of sp³-hybridized carbons (Fsp3) is 0.488. The molecule has 0 saturated carbocycles. The molecule has 4 aliphatic heterocycles. The van der Waals surface area contributed by atoms with Gasteiger partial charge in [-0.05, 0) is 99.8 Å². The Balaban J connectivity index is 0.000000189. The highest BCUT2D eigenvalue weighted by Crippen LogP contribution is 2.32. The number of anilines is 5. The van der Waals surface area contributed by atoms with Crippen LogP contribution < -0.4 is 41.3 Å². The average Bonchev–Trinajstić information content (AvgIpc) is 3.19. The van der Waals surface area contributed by atoms with Crippen LogP contribution in [0, 0.1) is 11.8 Å². The van der Waals surface area contributed by atoms with E-state index in [1.807, 2.05) is 84.8 Å². The third-order valence-corrected chi connectivity index (χ3v) is 11.2. The third kappa shape index (κ3) is 10.1. The molecule has 54 heavy (non-hydrogen) atoms. The van der Waals surface area contributed by atoms with E-state index in [9.17, 15) is 19.2 Å². The Bertz CT molecular complexity index is 1730. The zero-order valence-electron chi connectivity index (χ0n) is 31.6. The standard InChI is InChI=1S/C23H29N5O2.C18H26N4O2/c1-27-20-5-3-2-4-19(20)26-23(30)21(27)16-22(29)25-13-6-17-9-14-28(15-10-17)18-7-11-24-12-8-18;1-22-15-5-3-2-4-14(15)21-18(24)16(22)12-17(23)20-11-8-13-6-9-19-10-7-13/h2-5,7-8,11-12,17,21H,6,9-10,13-16H2,1H3,(H,25,29)(H,26,30);2-5,13,16,19H,6-12H2,1H3,(H,20,23)(H,21,24). The second-order valence-corrected chi connectivity index (χ2v) is 14.8. The van der Waals surface area contributed by atoms with Crippen molar-refractivity contribution in [1.29, 1.82) is 0 Å². The molecule has 2 saturated heterocycles. The smallest absolute Gasteiger partial charge is 0.247 e. The lowest BCUT2D eigenvalue weighted by Crippen LogP contribution is -2.48. The zero-order chi connectivity index (χ0) is 37.9. The van der Waals surface area contributed by atoms with Crippen LogP contribution in [-0.2, 0) is 19.2 Å². The van der Waals surface area contributed by atoms with Crippen molar-refractivity contribution in [3.05, 3.63) is 73.1 Å². The van der Waals surface area contributed by atoms with Crippen LogP contribution >= 0.6 is 0 Å². The zero-order valence-corrected chi connectivity index (χ0v) is 31.6. The first-order chi connectivity index (χ1) is 26.3. The summed E-state index contributed by atoms with van der Waals surface area (Å²) in [6, 6.07) is 18.5. The maximum absolute atomic E-state index is 12.5. The minimum absolute atomic E-state index is 0.0599. The molecule has 5 heterocycles. The van der Waals surface area contributed by atoms with E-state index in [2.05, 4.69) is 48.6 Å². The number of carbonyl (C=O) groups is 4. The van der Waals surface area contributed by atoms with E-state index in [4.69, 9.17) is 0 Å². The number of amides is 4. The van der Waals surface area contributed by atoms with Crippen LogP contribution in [0.5, 0.6) is 0 Å². The molecule has 13 nitrogen and oxygen atoms in total. The molecule has 0 radical (unpaired) electrons. The number of para-hydroxylation sites is 4. The van der Waals surface area contributed by atoms with Crippen molar-refractivity contribution in [3.8, 4) is 0 Å². The normalized spacial score (nSPS) is 20.1. The van der Waals surface area contributed by atoms with Gasteiger partial charge >= 0.3 is 0 Å². The van der Waals surface area contributed by atoms with Crippen molar-refractivity contribution in [2.24, 2.45) is 11.8 Å². The molecule has 1 aromatic heterocycles. The van der Waals surface area contributed by atoms with Gasteiger partial charge < -0.3 is 41.3 Å². The Hall–Kier alpha value is -5.17. The number of nitrogens with zero attached hydrogens (tertiary/aromatic N) is 4. The van der Waals surface area contributed by atoms with Gasteiger partial charge in [0, 0.05) is 58.4 Å². The van der Waals surface area contributed by atoms with Gasteiger partial charge in [0.15, 0.2) is 0 Å². The largest absolute Gasteiger partial charge is 0.371 e. The number of rotatable bonds is 11. The summed E-state index contributed by atoms with van der Waals surface area (Å²) in [4.78, 5) is 59.7. The lowest BCUT2D eigenvalue weighted by molar-refractivity contribution is -0.125. The van der Waals surface area contributed by atoms with Crippen molar-refractivity contribution in [2.75, 3.05) is 78.7 Å². The number of aromatic nitrogens is 1. The highest BCUT2D eigenvalue weighted by molar-refractivity contribution is 6.06. The van der Waals surface area contributed by atoms with Crippen molar-refractivity contribution in [1.82, 2.24) is 20.9 Å². The van der Waals surface area contributed by atoms with Gasteiger partial charge in [0.2, 0.25) is 23.6 Å². The first-order valence-corrected chi connectivity index (χ1v) is 19.4. The lowest BCUT2D eigenvalue weighted by Gasteiger charge is -2.35. The first-order valence-electron chi connectivity index (χ1n) is 19.4. The van der Waals surface area contributed by atoms with Crippen molar-refractivity contribution < 1.29 is 19.2 Å². The van der Waals surface area contributed by atoms with Crippen LogP contribution in [0.4, 0.5) is 28.4 Å². The van der Waals surface area contributed by atoms with Gasteiger partial charge in [0.05, 0.1) is 35.6 Å². The van der Waals surface area contributed by atoms with Crippen LogP contribution in [0.3, 0.4) is 0 Å². The van der Waals surface area contributed by atoms with Crippen molar-refractivity contribution >= 4 is 52.1 Å². The number of benzene rings is 2. The Morgan fingerprint density at radius 2 is 1.15 bits per heavy atom. The van der Waals surface area contributed by atoms with E-state index in [1.165, 1.54) is 18.5 Å². The number of carbonyl (C=O) groups excluding carboxylic acids is 4. The minimum Gasteiger partial charge on any atom is -0.371 e. The maximum Gasteiger partial charge on any atom is 0.247 e. The summed E-state index contributed by atoms with van der Waals surface area (Å²) in [5, 5.41) is 15.1. The lowest BCUT2D eigenvalue weighted by atomic mass is 9.93. The quantitative estimate of drug-likeness (QED) is 0.197. The summed E-state index contributed by atoms with van der Waals surface area (Å²) in [5.74, 6) is 0.931. The SMILES string of the molecule is CN1c2ccccc2NC(=O)C1CC(=O)NCCC1CCN(c2ccncc2)CC1.CN1c2ccccc2NC(=O)C1CC(=O)NCCC1CCNCC1. The maximum atomic E-state index is 12.5. The molecule has 2 unspecified atom stereocenters. The van der Waals surface area contributed by atoms with Crippen LogP contribution in [0.2, 0.25) is 0 Å². The van der Waals surface area contributed by atoms with Crippen molar-refractivity contribution in [3.63, 3.8) is 0 Å². The van der Waals surface area contributed by atoms with Crippen LogP contribution in [0.1, 0.15) is 51.4 Å². The van der Waals surface area contributed by atoms with Gasteiger partial charge in [-0.15, -0.1) is 0 Å². The van der Waals surface area contributed by atoms with Gasteiger partial charge in [0.25, 0.3) is 0 Å². The highest BCUT2D eigenvalue weighted by Gasteiger charge is 2.33. The number of pyridine rings is 1. The van der Waals surface area contributed by atoms with Crippen LogP contribution in [-0.4, -0.2) is 94.1 Å². The molecule has 2 aromatic carbocycles. The number of hydrogen-bond donors (Lipinski definition) is 5. The van der Waals surface area contributed by atoms with Gasteiger partial charge in [-0.25, -0.2) is 0 Å². The first kappa shape index (κ1) is 38.6. The summed E-state index contributed by atoms with van der Waals surface area (Å²) in [6.45, 7) is 5.58. The summed E-state index contributed by atoms with van der Waals surface area (Å²) >= 11 is 0. The van der Waals surface area contributed by atoms with E-state index >= 15 is 0 Å². The van der Waals surface area contributed by atoms with E-state index in [0.717, 1.165) is 74.6 Å². The summed E-state index contributed by atoms with van der Waals surface area (Å²) in [5.41, 5.74) is 4.71. The molecule has 7 rings (SSSR count). The molecule has 0 spiro atoms. The third-order valence-electron chi connectivity index (χ3n) is 11.2. The number of piperidine rings is 2. The molecule has 4 aliphatic rings. The van der Waals surface area contributed by atoms with E-state index in [-0.39, 0.29) is 36.5 Å². The molecule has 13 heteroatoms. The number of likely N-dealkylation sites (N-methyl/N-ethyl adjacent to an activating group) is 2. The molecule has 2 atom stereocenters. The monoisotopic (exact) mass is 737 g/mol. The number of nitrogens with one attached hydrogen (secondary N) is 5. The molecule has 5 N–H and O–H groups in total. The summed E-state index contributed by atoms with van der Waals surface area (Å²) in [7, 11) is 3.73. The molecule has 2 fully saturated rings. The van der Waals surface area contributed by atoms with Gasteiger partial charge in [-0.2, -0.15) is 0 Å². The molecule has 288 valence electrons. The predicted octanol–water partition coefficient (Wildman–Crippen LogP) is 3.99. The molecule has 0 bridgehead atoms. The van der Waals surface area contributed by atoms with Crippen LogP contribution in [0.25, 0.3) is 0 Å². The van der Waals surface area contributed by atoms with Gasteiger partial charge in [0.1, 0.15) is 12.1 Å². The van der Waals surface area contributed by atoms with E-state index < -0.39 is 12.1 Å². The van der Waals surface area contributed by atoms with E-state index in [0.29, 0.717) is 24.9 Å². The van der Waals surface area contributed by atoms with Gasteiger partial charge in [-0.1, -0.05) is 24.3 Å². The Kier molecular flexibility index (Phi) is 13.4. The Morgan fingerprint density at radius 3 is 1.65 bits per heavy atom. The summed E-state index contributed by atoms with van der Waals surface area (Å²) in [6.07, 6.45) is 10.6. The summed E-state index contributed by atoms with van der Waals surface area (Å²) < 4.78 is 0. The second kappa shape index (κ2) is 18.7. The second-order valence-electron chi connectivity index (χ2n) is 14.8. The highest BCUT2D eigenvalue weighted by atomic mass is 16.2. The topological polar surface area (TPSA) is 151 Å². The molecular formula is C41H55N9O4. The van der Waals surface area contributed by atoms with Crippen LogP contribution in [0.15, 0.2) is 73.1 Å². The number of hydrogen-bond acceptors (Lipinski definition) is 9. The minimum atomic E-state index is -0.483. The Morgan fingerprint density at radius 1 is 0.685 bits per heavy atom. The van der Waals surface area contributed by atoms with Crippen molar-refractivity contribution in [2.45, 2.75) is 63.5 Å². The van der Waals surface area contributed by atoms with E-state index in [1.54, 1.807) is 0 Å². The molecule has 0 aliphatic carbocycles. The Labute approximate surface area is 318 Å². The number of fused-ring (bicyclic) bond motifs is 2. The predicted molar refractivity (Wildman–Crippen MR) is 214 cm³/mol. The fourth-order valence-electron chi connectivity index (χ4n) is 7.88. The average molecular weight is 738 g/mol.